The van der Waals surface area contributed by atoms with Gasteiger partial charge in [0.15, 0.2) is 0 Å². The monoisotopic (exact) mass is 234 g/mol. The van der Waals surface area contributed by atoms with Crippen molar-refractivity contribution >= 4 is 23.4 Å². The quantitative estimate of drug-likeness (QED) is 0.591. The molecule has 17 heavy (non-hydrogen) atoms. The SMILES string of the molecule is Nc1ccc(C(=O)N2CC(=O)NC(=O)C2)nc1. The van der Waals surface area contributed by atoms with Gasteiger partial charge in [-0.25, -0.2) is 4.98 Å². The lowest BCUT2D eigenvalue weighted by atomic mass is 10.2. The van der Waals surface area contributed by atoms with Crippen LogP contribution >= 0.6 is 0 Å². The Morgan fingerprint density at radius 1 is 1.29 bits per heavy atom. The average molecular weight is 234 g/mol. The summed E-state index contributed by atoms with van der Waals surface area (Å²) in [6, 6.07) is 2.99. The van der Waals surface area contributed by atoms with E-state index in [4.69, 9.17) is 5.73 Å². The largest absolute Gasteiger partial charge is 0.397 e. The number of aromatic nitrogens is 1. The molecular weight excluding hydrogens is 224 g/mol. The summed E-state index contributed by atoms with van der Waals surface area (Å²) in [5.74, 6) is -1.46. The van der Waals surface area contributed by atoms with E-state index in [1.54, 1.807) is 0 Å². The van der Waals surface area contributed by atoms with Crippen LogP contribution in [0.4, 0.5) is 5.69 Å². The number of carbonyl (C=O) groups excluding carboxylic acids is 3. The summed E-state index contributed by atoms with van der Waals surface area (Å²) in [6.07, 6.45) is 1.35. The molecule has 0 bridgehead atoms. The number of nitrogens with zero attached hydrogens (tertiary/aromatic N) is 2. The van der Waals surface area contributed by atoms with Crippen LogP contribution < -0.4 is 11.1 Å². The normalized spacial score (nSPS) is 15.6. The maximum atomic E-state index is 11.9. The third-order valence-electron chi connectivity index (χ3n) is 2.24. The van der Waals surface area contributed by atoms with Crippen LogP contribution in [0, 0.1) is 0 Å². The van der Waals surface area contributed by atoms with Crippen LogP contribution in [0.15, 0.2) is 18.3 Å². The van der Waals surface area contributed by atoms with E-state index in [1.165, 1.54) is 18.3 Å². The van der Waals surface area contributed by atoms with Crippen LogP contribution in [0.1, 0.15) is 10.5 Å². The second-order valence-corrected chi connectivity index (χ2v) is 3.61. The second-order valence-electron chi connectivity index (χ2n) is 3.61. The van der Waals surface area contributed by atoms with Gasteiger partial charge in [0.25, 0.3) is 5.91 Å². The molecule has 2 heterocycles. The van der Waals surface area contributed by atoms with Crippen molar-refractivity contribution in [3.05, 3.63) is 24.0 Å². The lowest BCUT2D eigenvalue weighted by Gasteiger charge is -2.24. The van der Waals surface area contributed by atoms with Gasteiger partial charge in [-0.3, -0.25) is 19.7 Å². The standard InChI is InChI=1S/C10H10N4O3/c11-6-1-2-7(12-3-6)10(17)14-4-8(15)13-9(16)5-14/h1-3H,4-5,11H2,(H,13,15,16). The number of nitrogens with one attached hydrogen (secondary N) is 1. The molecule has 1 aliphatic rings. The first kappa shape index (κ1) is 11.1. The first-order chi connectivity index (χ1) is 8.06. The van der Waals surface area contributed by atoms with Crippen molar-refractivity contribution in [2.45, 2.75) is 0 Å². The molecule has 0 aliphatic carbocycles. The predicted molar refractivity (Wildman–Crippen MR) is 57.7 cm³/mol. The second kappa shape index (κ2) is 4.20. The third-order valence-corrected chi connectivity index (χ3v) is 2.24. The van der Waals surface area contributed by atoms with Crippen LogP contribution in [0.25, 0.3) is 0 Å². The lowest BCUT2D eigenvalue weighted by Crippen LogP contribution is -2.53. The van der Waals surface area contributed by atoms with Crippen molar-refractivity contribution < 1.29 is 14.4 Å². The Kier molecular flexibility index (Phi) is 2.73. The minimum atomic E-state index is -0.495. The summed E-state index contributed by atoms with van der Waals surface area (Å²) < 4.78 is 0. The van der Waals surface area contributed by atoms with Crippen molar-refractivity contribution in [2.24, 2.45) is 0 Å². The Morgan fingerprint density at radius 3 is 2.47 bits per heavy atom. The molecule has 3 N–H and O–H groups in total. The van der Waals surface area contributed by atoms with Gasteiger partial charge in [-0.1, -0.05) is 0 Å². The van der Waals surface area contributed by atoms with Gasteiger partial charge in [-0.05, 0) is 12.1 Å². The Labute approximate surface area is 96.6 Å². The highest BCUT2D eigenvalue weighted by atomic mass is 16.2. The molecule has 88 valence electrons. The summed E-state index contributed by atoms with van der Waals surface area (Å²) in [4.78, 5) is 39.1. The Balaban J connectivity index is 2.17. The molecule has 1 aliphatic heterocycles. The number of pyridine rings is 1. The summed E-state index contributed by atoms with van der Waals surface area (Å²) in [7, 11) is 0. The van der Waals surface area contributed by atoms with Crippen LogP contribution in [-0.4, -0.2) is 40.7 Å². The van der Waals surface area contributed by atoms with Gasteiger partial charge in [0.1, 0.15) is 18.8 Å². The highest BCUT2D eigenvalue weighted by Gasteiger charge is 2.27. The van der Waals surface area contributed by atoms with Crippen molar-refractivity contribution in [3.8, 4) is 0 Å². The fourth-order valence-corrected chi connectivity index (χ4v) is 1.47. The van der Waals surface area contributed by atoms with E-state index >= 15 is 0 Å². The van der Waals surface area contributed by atoms with E-state index < -0.39 is 17.7 Å². The summed E-state index contributed by atoms with van der Waals surface area (Å²) >= 11 is 0. The average Bonchev–Trinajstić information content (AvgIpc) is 2.28. The maximum Gasteiger partial charge on any atom is 0.273 e. The van der Waals surface area contributed by atoms with Crippen molar-refractivity contribution in [3.63, 3.8) is 0 Å². The number of piperazine rings is 1. The number of rotatable bonds is 1. The molecule has 0 atom stereocenters. The molecule has 0 saturated carbocycles. The Hall–Kier alpha value is -2.44. The fourth-order valence-electron chi connectivity index (χ4n) is 1.47. The topological polar surface area (TPSA) is 105 Å². The highest BCUT2D eigenvalue weighted by Crippen LogP contribution is 2.06. The van der Waals surface area contributed by atoms with E-state index in [0.29, 0.717) is 5.69 Å². The fraction of sp³-hybridized carbons (Fsp3) is 0.200. The molecule has 3 amide bonds. The van der Waals surface area contributed by atoms with Gasteiger partial charge in [-0.15, -0.1) is 0 Å². The number of nitrogens with two attached hydrogens (primary N) is 1. The number of hydrogen-bond acceptors (Lipinski definition) is 5. The summed E-state index contributed by atoms with van der Waals surface area (Å²) in [6.45, 7) is -0.284. The summed E-state index contributed by atoms with van der Waals surface area (Å²) in [5, 5.41) is 2.11. The minimum absolute atomic E-state index is 0.142. The molecular formula is C10H10N4O3. The minimum Gasteiger partial charge on any atom is -0.397 e. The first-order valence-corrected chi connectivity index (χ1v) is 4.90. The van der Waals surface area contributed by atoms with Crippen molar-refractivity contribution in [2.75, 3.05) is 18.8 Å². The van der Waals surface area contributed by atoms with E-state index in [1.807, 2.05) is 0 Å². The van der Waals surface area contributed by atoms with Crippen molar-refractivity contribution in [1.29, 1.82) is 0 Å². The van der Waals surface area contributed by atoms with Gasteiger partial charge in [0.05, 0.1) is 11.9 Å². The van der Waals surface area contributed by atoms with Crippen LogP contribution in [0.2, 0.25) is 0 Å². The lowest BCUT2D eigenvalue weighted by molar-refractivity contribution is -0.135. The number of anilines is 1. The maximum absolute atomic E-state index is 11.9. The van der Waals surface area contributed by atoms with E-state index in [9.17, 15) is 14.4 Å². The first-order valence-electron chi connectivity index (χ1n) is 4.90. The Bertz CT molecular complexity index is 467. The molecule has 1 aromatic rings. The van der Waals surface area contributed by atoms with Gasteiger partial charge in [-0.2, -0.15) is 0 Å². The summed E-state index contributed by atoms with van der Waals surface area (Å²) in [5.41, 5.74) is 6.04. The highest BCUT2D eigenvalue weighted by molar-refractivity contribution is 6.05. The molecule has 1 fully saturated rings. The van der Waals surface area contributed by atoms with Gasteiger partial charge >= 0.3 is 0 Å². The third kappa shape index (κ3) is 2.39. The van der Waals surface area contributed by atoms with Crippen LogP contribution in [0.5, 0.6) is 0 Å². The predicted octanol–water partition coefficient (Wildman–Crippen LogP) is -1.24. The molecule has 1 aromatic heterocycles. The number of amides is 3. The molecule has 2 rings (SSSR count). The number of imide groups is 1. The zero-order chi connectivity index (χ0) is 12.4. The molecule has 0 aromatic carbocycles. The molecule has 0 spiro atoms. The van der Waals surface area contributed by atoms with Crippen molar-refractivity contribution in [1.82, 2.24) is 15.2 Å². The molecule has 0 radical (unpaired) electrons. The zero-order valence-corrected chi connectivity index (χ0v) is 8.84. The molecule has 7 nitrogen and oxygen atoms in total. The smallest absolute Gasteiger partial charge is 0.273 e. The van der Waals surface area contributed by atoms with Gasteiger partial charge in [0, 0.05) is 0 Å². The van der Waals surface area contributed by atoms with E-state index in [-0.39, 0.29) is 18.8 Å². The van der Waals surface area contributed by atoms with Crippen LogP contribution in [0.3, 0.4) is 0 Å². The Morgan fingerprint density at radius 2 is 1.94 bits per heavy atom. The van der Waals surface area contributed by atoms with Gasteiger partial charge in [0.2, 0.25) is 11.8 Å². The van der Waals surface area contributed by atoms with E-state index in [0.717, 1.165) is 4.90 Å². The number of carbonyl (C=O) groups is 3. The molecule has 7 heteroatoms. The van der Waals surface area contributed by atoms with E-state index in [2.05, 4.69) is 10.3 Å². The molecule has 0 unspecified atom stereocenters. The van der Waals surface area contributed by atoms with Gasteiger partial charge < -0.3 is 10.6 Å². The zero-order valence-electron chi connectivity index (χ0n) is 8.84. The number of nitrogen functional groups attached to an aromatic ring is 1. The number of hydrogen-bond donors (Lipinski definition) is 2. The van der Waals surface area contributed by atoms with Crippen LogP contribution in [-0.2, 0) is 9.59 Å². The molecule has 1 saturated heterocycles.